The van der Waals surface area contributed by atoms with Gasteiger partial charge in [0.15, 0.2) is 5.13 Å². The highest BCUT2D eigenvalue weighted by molar-refractivity contribution is 7.13. The summed E-state index contributed by atoms with van der Waals surface area (Å²) in [7, 11) is 0. The molecule has 0 saturated heterocycles. The molecule has 0 fully saturated rings. The van der Waals surface area contributed by atoms with Crippen LogP contribution in [0.5, 0.6) is 0 Å². The van der Waals surface area contributed by atoms with Gasteiger partial charge in [-0.25, -0.2) is 4.98 Å². The Morgan fingerprint density at radius 2 is 2.35 bits per heavy atom. The van der Waals surface area contributed by atoms with E-state index in [0.29, 0.717) is 18.8 Å². The Hall–Kier alpha value is -1.82. The van der Waals surface area contributed by atoms with E-state index in [1.54, 1.807) is 13.2 Å². The molecule has 0 aliphatic heterocycles. The minimum absolute atomic E-state index is 0.261. The van der Waals surface area contributed by atoms with E-state index in [1.807, 2.05) is 31.4 Å². The van der Waals surface area contributed by atoms with Gasteiger partial charge in [-0.2, -0.15) is 0 Å². The van der Waals surface area contributed by atoms with E-state index in [9.17, 15) is 4.79 Å². The number of aromatic nitrogens is 1. The molecule has 0 spiro atoms. The number of thiazole rings is 1. The summed E-state index contributed by atoms with van der Waals surface area (Å²) in [5.74, 6) is 0.578. The number of anilines is 1. The van der Waals surface area contributed by atoms with Gasteiger partial charge >= 0.3 is 5.97 Å². The monoisotopic (exact) mass is 294 g/mol. The summed E-state index contributed by atoms with van der Waals surface area (Å²) in [6.07, 6.45) is 1.63. The molecule has 1 N–H and O–H groups in total. The van der Waals surface area contributed by atoms with Gasteiger partial charge in [-0.15, -0.1) is 11.3 Å². The number of nitrogens with one attached hydrogen (secondary N) is 1. The fourth-order valence-corrected chi connectivity index (χ4v) is 2.51. The van der Waals surface area contributed by atoms with Crippen molar-refractivity contribution >= 4 is 22.4 Å². The van der Waals surface area contributed by atoms with Crippen molar-refractivity contribution in [2.45, 2.75) is 32.7 Å². The molecular weight excluding hydrogens is 276 g/mol. The third-order valence-corrected chi connectivity index (χ3v) is 3.72. The van der Waals surface area contributed by atoms with E-state index in [2.05, 4.69) is 10.3 Å². The lowest BCUT2D eigenvalue weighted by Gasteiger charge is -2.19. The molecule has 2 rings (SSSR count). The molecule has 108 valence electrons. The van der Waals surface area contributed by atoms with Crippen LogP contribution >= 0.6 is 11.3 Å². The molecule has 0 unspecified atom stereocenters. The predicted octanol–water partition coefficient (Wildman–Crippen LogP) is 3.19. The van der Waals surface area contributed by atoms with Crippen molar-refractivity contribution < 1.29 is 13.9 Å². The van der Waals surface area contributed by atoms with Crippen LogP contribution in [0.4, 0.5) is 5.13 Å². The first-order valence-corrected chi connectivity index (χ1v) is 7.31. The fraction of sp³-hybridized carbons (Fsp3) is 0.429. The minimum atomic E-state index is -0.739. The second-order valence-corrected chi connectivity index (χ2v) is 5.67. The molecule has 0 aliphatic carbocycles. The summed E-state index contributed by atoms with van der Waals surface area (Å²) in [5, 5.41) is 5.81. The Kier molecular flexibility index (Phi) is 4.44. The zero-order valence-corrected chi connectivity index (χ0v) is 12.6. The molecule has 20 heavy (non-hydrogen) atoms. The molecule has 0 bridgehead atoms. The summed E-state index contributed by atoms with van der Waals surface area (Å²) in [6.45, 7) is 6.37. The Morgan fingerprint density at radius 1 is 1.55 bits per heavy atom. The topological polar surface area (TPSA) is 64.4 Å². The van der Waals surface area contributed by atoms with Crippen LogP contribution in [-0.2, 0) is 21.5 Å². The van der Waals surface area contributed by atoms with Gasteiger partial charge in [0.25, 0.3) is 0 Å². The molecule has 0 aliphatic rings. The highest BCUT2D eigenvalue weighted by atomic mass is 32.1. The highest BCUT2D eigenvalue weighted by Gasteiger charge is 2.33. The number of carbonyl (C=O) groups is 1. The maximum atomic E-state index is 11.9. The summed E-state index contributed by atoms with van der Waals surface area (Å²) >= 11 is 1.46. The number of esters is 1. The maximum Gasteiger partial charge on any atom is 0.317 e. The predicted molar refractivity (Wildman–Crippen MR) is 77.8 cm³/mol. The van der Waals surface area contributed by atoms with Gasteiger partial charge in [0.05, 0.1) is 25.1 Å². The van der Waals surface area contributed by atoms with Crippen LogP contribution in [0.3, 0.4) is 0 Å². The molecule has 5 nitrogen and oxygen atoms in total. The summed E-state index contributed by atoms with van der Waals surface area (Å²) in [5.41, 5.74) is -0.0280. The Balaban J connectivity index is 2.02. The second kappa shape index (κ2) is 6.09. The molecule has 6 heteroatoms. The van der Waals surface area contributed by atoms with E-state index >= 15 is 0 Å². The molecule has 2 aromatic heterocycles. The van der Waals surface area contributed by atoms with E-state index in [4.69, 9.17) is 9.15 Å². The van der Waals surface area contributed by atoms with Crippen molar-refractivity contribution in [3.63, 3.8) is 0 Å². The molecule has 0 atom stereocenters. The first kappa shape index (κ1) is 14.6. The van der Waals surface area contributed by atoms with Crippen LogP contribution in [0.25, 0.3) is 0 Å². The van der Waals surface area contributed by atoms with Crippen molar-refractivity contribution in [2.24, 2.45) is 0 Å². The molecule has 2 heterocycles. The number of carbonyl (C=O) groups excluding carboxylic acids is 1. The number of hydrogen-bond donors (Lipinski definition) is 1. The first-order valence-electron chi connectivity index (χ1n) is 6.43. The molecule has 0 amide bonds. The quantitative estimate of drug-likeness (QED) is 0.829. The van der Waals surface area contributed by atoms with Gasteiger partial charge < -0.3 is 14.5 Å². The lowest BCUT2D eigenvalue weighted by molar-refractivity contribution is -0.148. The Labute approximate surface area is 122 Å². The SMILES string of the molecule is CCOC(=O)C(C)(C)c1csc(NCc2ccco2)n1. The first-order chi connectivity index (χ1) is 9.54. The lowest BCUT2D eigenvalue weighted by Crippen LogP contribution is -2.31. The summed E-state index contributed by atoms with van der Waals surface area (Å²) < 4.78 is 10.3. The van der Waals surface area contributed by atoms with Crippen molar-refractivity contribution in [1.29, 1.82) is 0 Å². The second-order valence-electron chi connectivity index (χ2n) is 4.82. The zero-order valence-electron chi connectivity index (χ0n) is 11.8. The van der Waals surface area contributed by atoms with E-state index in [-0.39, 0.29) is 5.97 Å². The number of furan rings is 1. The fourth-order valence-electron chi connectivity index (χ4n) is 1.63. The normalized spacial score (nSPS) is 11.3. The molecule has 2 aromatic rings. The van der Waals surface area contributed by atoms with Crippen molar-refractivity contribution in [3.8, 4) is 0 Å². The number of hydrogen-bond acceptors (Lipinski definition) is 6. The number of rotatable bonds is 6. The van der Waals surface area contributed by atoms with Crippen LogP contribution in [0.1, 0.15) is 32.2 Å². The van der Waals surface area contributed by atoms with Crippen molar-refractivity contribution in [1.82, 2.24) is 4.98 Å². The van der Waals surface area contributed by atoms with Crippen LogP contribution in [0.2, 0.25) is 0 Å². The van der Waals surface area contributed by atoms with E-state index in [1.165, 1.54) is 11.3 Å². The van der Waals surface area contributed by atoms with E-state index in [0.717, 1.165) is 10.9 Å². The summed E-state index contributed by atoms with van der Waals surface area (Å²) in [6, 6.07) is 3.73. The minimum Gasteiger partial charge on any atom is -0.467 e. The van der Waals surface area contributed by atoms with Gasteiger partial charge in [0.2, 0.25) is 0 Å². The van der Waals surface area contributed by atoms with Gasteiger partial charge in [-0.1, -0.05) is 0 Å². The Bertz CT molecular complexity index is 561. The molecule has 0 radical (unpaired) electrons. The van der Waals surface area contributed by atoms with E-state index < -0.39 is 5.41 Å². The molecule has 0 aromatic carbocycles. The van der Waals surface area contributed by atoms with Crippen LogP contribution < -0.4 is 5.32 Å². The standard InChI is InChI=1S/C14H18N2O3S/c1-4-18-12(17)14(2,3)11-9-20-13(16-11)15-8-10-6-5-7-19-10/h5-7,9H,4,8H2,1-3H3,(H,15,16). The largest absolute Gasteiger partial charge is 0.467 e. The van der Waals surface area contributed by atoms with Crippen LogP contribution in [-0.4, -0.2) is 17.6 Å². The number of nitrogens with zero attached hydrogens (tertiary/aromatic N) is 1. The van der Waals surface area contributed by atoms with Crippen molar-refractivity contribution in [3.05, 3.63) is 35.2 Å². The molecular formula is C14H18N2O3S. The van der Waals surface area contributed by atoms with Crippen molar-refractivity contribution in [2.75, 3.05) is 11.9 Å². The lowest BCUT2D eigenvalue weighted by atomic mass is 9.90. The third kappa shape index (κ3) is 3.19. The summed E-state index contributed by atoms with van der Waals surface area (Å²) in [4.78, 5) is 16.4. The van der Waals surface area contributed by atoms with Gasteiger partial charge in [-0.05, 0) is 32.9 Å². The van der Waals surface area contributed by atoms with Crippen LogP contribution in [0, 0.1) is 0 Å². The average molecular weight is 294 g/mol. The van der Waals surface area contributed by atoms with Crippen LogP contribution in [0.15, 0.2) is 28.2 Å². The van der Waals surface area contributed by atoms with Gasteiger partial charge in [-0.3, -0.25) is 4.79 Å². The zero-order chi connectivity index (χ0) is 14.6. The highest BCUT2D eigenvalue weighted by Crippen LogP contribution is 2.28. The number of ether oxygens (including phenoxy) is 1. The van der Waals surface area contributed by atoms with Gasteiger partial charge in [0.1, 0.15) is 11.2 Å². The molecule has 0 saturated carbocycles. The third-order valence-electron chi connectivity index (χ3n) is 2.92. The van der Waals surface area contributed by atoms with Gasteiger partial charge in [0, 0.05) is 5.38 Å². The maximum absolute atomic E-state index is 11.9. The smallest absolute Gasteiger partial charge is 0.317 e. The average Bonchev–Trinajstić information content (AvgIpc) is 3.08. The Morgan fingerprint density at radius 3 is 3.00 bits per heavy atom.